The number of carbonyl (C=O) groups excluding carboxylic acids is 1. The van der Waals surface area contributed by atoms with Gasteiger partial charge in [-0.1, -0.05) is 30.3 Å². The third-order valence-corrected chi connectivity index (χ3v) is 3.14. The second-order valence-corrected chi connectivity index (χ2v) is 4.67. The van der Waals surface area contributed by atoms with Crippen molar-refractivity contribution in [2.45, 2.75) is 13.5 Å². The third kappa shape index (κ3) is 3.99. The number of rotatable bonds is 5. The van der Waals surface area contributed by atoms with Crippen LogP contribution in [-0.2, 0) is 11.3 Å². The highest BCUT2D eigenvalue weighted by atomic mass is 32.1. The smallest absolute Gasteiger partial charge is 0.357 e. The van der Waals surface area contributed by atoms with Crippen molar-refractivity contribution >= 4 is 23.5 Å². The Morgan fingerprint density at radius 1 is 1.42 bits per heavy atom. The zero-order chi connectivity index (χ0) is 13.5. The fourth-order valence-corrected chi connectivity index (χ4v) is 2.15. The van der Waals surface area contributed by atoms with E-state index >= 15 is 0 Å². The molecule has 2 aromatic rings. The highest BCUT2D eigenvalue weighted by Gasteiger charge is 2.10. The van der Waals surface area contributed by atoms with Crippen molar-refractivity contribution < 1.29 is 9.53 Å². The van der Waals surface area contributed by atoms with Crippen LogP contribution in [0.1, 0.15) is 28.0 Å². The number of aliphatic imine (C=N–C) groups is 1. The molecular weight excluding hydrogens is 260 g/mol. The van der Waals surface area contributed by atoms with Gasteiger partial charge in [0.05, 0.1) is 13.2 Å². The molecule has 0 amide bonds. The van der Waals surface area contributed by atoms with Crippen LogP contribution in [0.15, 0.2) is 40.7 Å². The predicted molar refractivity (Wildman–Crippen MR) is 75.8 cm³/mol. The van der Waals surface area contributed by atoms with Crippen LogP contribution in [0, 0.1) is 0 Å². The highest BCUT2D eigenvalue weighted by molar-refractivity contribution is 7.09. The summed E-state index contributed by atoms with van der Waals surface area (Å²) in [6, 6.07) is 9.85. The van der Waals surface area contributed by atoms with Gasteiger partial charge in [-0.05, 0) is 12.5 Å². The zero-order valence-corrected chi connectivity index (χ0v) is 11.4. The van der Waals surface area contributed by atoms with Crippen LogP contribution in [-0.4, -0.2) is 23.8 Å². The average Bonchev–Trinajstić information content (AvgIpc) is 2.89. The number of nitrogens with zero attached hydrogens (tertiary/aromatic N) is 2. The molecule has 0 saturated heterocycles. The summed E-state index contributed by atoms with van der Waals surface area (Å²) in [5.74, 6) is -0.378. The second kappa shape index (κ2) is 6.80. The summed E-state index contributed by atoms with van der Waals surface area (Å²) in [5, 5.41) is 2.50. The van der Waals surface area contributed by atoms with Crippen LogP contribution < -0.4 is 0 Å². The lowest BCUT2D eigenvalue weighted by atomic mass is 10.2. The van der Waals surface area contributed by atoms with Crippen LogP contribution in [0.4, 0.5) is 0 Å². The summed E-state index contributed by atoms with van der Waals surface area (Å²) in [5.41, 5.74) is 1.40. The average molecular weight is 274 g/mol. The third-order valence-electron chi connectivity index (χ3n) is 2.30. The Morgan fingerprint density at radius 3 is 2.95 bits per heavy atom. The normalized spacial score (nSPS) is 10.8. The molecule has 0 atom stereocenters. The van der Waals surface area contributed by atoms with Crippen molar-refractivity contribution in [1.82, 2.24) is 4.98 Å². The quantitative estimate of drug-likeness (QED) is 0.622. The minimum absolute atomic E-state index is 0.358. The molecule has 1 aromatic carbocycles. The molecule has 5 heteroatoms. The maximum absolute atomic E-state index is 11.4. The summed E-state index contributed by atoms with van der Waals surface area (Å²) < 4.78 is 4.88. The molecule has 2 rings (SSSR count). The van der Waals surface area contributed by atoms with E-state index in [2.05, 4.69) is 9.98 Å². The molecule has 0 aliphatic heterocycles. The van der Waals surface area contributed by atoms with Crippen LogP contribution in [0.3, 0.4) is 0 Å². The van der Waals surface area contributed by atoms with Crippen molar-refractivity contribution in [2.75, 3.05) is 6.61 Å². The van der Waals surface area contributed by atoms with E-state index in [9.17, 15) is 4.79 Å². The van der Waals surface area contributed by atoms with Gasteiger partial charge in [-0.15, -0.1) is 11.3 Å². The number of esters is 1. The van der Waals surface area contributed by atoms with Gasteiger partial charge in [0.2, 0.25) is 0 Å². The molecule has 0 bridgehead atoms. The van der Waals surface area contributed by atoms with Gasteiger partial charge in [-0.2, -0.15) is 0 Å². The highest BCUT2D eigenvalue weighted by Crippen LogP contribution is 2.12. The monoisotopic (exact) mass is 274 g/mol. The van der Waals surface area contributed by atoms with E-state index in [1.807, 2.05) is 30.3 Å². The maximum Gasteiger partial charge on any atom is 0.357 e. The SMILES string of the molecule is CCOC(=O)c1csc(CN=Cc2ccccc2)n1. The standard InChI is InChI=1S/C14H14N2O2S/c1-2-18-14(17)12-10-19-13(16-12)9-15-8-11-6-4-3-5-7-11/h3-8,10H,2,9H2,1H3. The van der Waals surface area contributed by atoms with Crippen LogP contribution in [0.2, 0.25) is 0 Å². The molecule has 0 spiro atoms. The number of thiazole rings is 1. The molecule has 0 N–H and O–H groups in total. The van der Waals surface area contributed by atoms with Crippen molar-refractivity contribution in [3.8, 4) is 0 Å². The van der Waals surface area contributed by atoms with Gasteiger partial charge in [0.15, 0.2) is 5.69 Å². The Bertz CT molecular complexity index is 564. The molecule has 0 radical (unpaired) electrons. The predicted octanol–water partition coefficient (Wildman–Crippen LogP) is 2.94. The summed E-state index contributed by atoms with van der Waals surface area (Å²) >= 11 is 1.41. The molecule has 1 heterocycles. The summed E-state index contributed by atoms with van der Waals surface area (Å²) in [4.78, 5) is 19.9. The first-order chi connectivity index (χ1) is 9.29. The first-order valence-electron chi connectivity index (χ1n) is 5.96. The molecule has 19 heavy (non-hydrogen) atoms. The molecule has 98 valence electrons. The Kier molecular flexibility index (Phi) is 4.80. The topological polar surface area (TPSA) is 51.5 Å². The van der Waals surface area contributed by atoms with E-state index in [1.165, 1.54) is 11.3 Å². The lowest BCUT2D eigenvalue weighted by Crippen LogP contribution is -2.04. The molecule has 4 nitrogen and oxygen atoms in total. The van der Waals surface area contributed by atoms with E-state index < -0.39 is 0 Å². The molecule has 0 fully saturated rings. The van der Waals surface area contributed by atoms with E-state index in [0.717, 1.165) is 10.6 Å². The number of ether oxygens (including phenoxy) is 1. The number of hydrogen-bond donors (Lipinski definition) is 0. The fourth-order valence-electron chi connectivity index (χ4n) is 1.45. The summed E-state index contributed by atoms with van der Waals surface area (Å²) in [7, 11) is 0. The van der Waals surface area contributed by atoms with Gasteiger partial charge >= 0.3 is 5.97 Å². The van der Waals surface area contributed by atoms with E-state index in [-0.39, 0.29) is 5.97 Å². The summed E-state index contributed by atoms with van der Waals surface area (Å²) in [6.45, 7) is 2.60. The van der Waals surface area contributed by atoms with Crippen molar-refractivity contribution in [3.05, 3.63) is 52.0 Å². The van der Waals surface area contributed by atoms with Crippen LogP contribution in [0.25, 0.3) is 0 Å². The lowest BCUT2D eigenvalue weighted by molar-refractivity contribution is 0.0520. The first-order valence-corrected chi connectivity index (χ1v) is 6.84. The van der Waals surface area contributed by atoms with E-state index in [0.29, 0.717) is 18.8 Å². The molecule has 0 unspecified atom stereocenters. The van der Waals surface area contributed by atoms with Gasteiger partial charge in [0.25, 0.3) is 0 Å². The minimum atomic E-state index is -0.378. The molecule has 0 aliphatic carbocycles. The van der Waals surface area contributed by atoms with Gasteiger partial charge in [-0.3, -0.25) is 4.99 Å². The summed E-state index contributed by atoms with van der Waals surface area (Å²) in [6.07, 6.45) is 1.80. The second-order valence-electron chi connectivity index (χ2n) is 3.73. The number of hydrogen-bond acceptors (Lipinski definition) is 5. The van der Waals surface area contributed by atoms with E-state index in [4.69, 9.17) is 4.74 Å². The maximum atomic E-state index is 11.4. The fraction of sp³-hybridized carbons (Fsp3) is 0.214. The van der Waals surface area contributed by atoms with Gasteiger partial charge in [-0.25, -0.2) is 9.78 Å². The Balaban J connectivity index is 1.94. The van der Waals surface area contributed by atoms with Crippen molar-refractivity contribution in [2.24, 2.45) is 4.99 Å². The molecule has 0 aliphatic rings. The number of benzene rings is 1. The van der Waals surface area contributed by atoms with Crippen LogP contribution in [0.5, 0.6) is 0 Å². The van der Waals surface area contributed by atoms with Gasteiger partial charge in [0, 0.05) is 11.6 Å². The van der Waals surface area contributed by atoms with Crippen LogP contribution >= 0.6 is 11.3 Å². The first kappa shape index (κ1) is 13.4. The van der Waals surface area contributed by atoms with Gasteiger partial charge in [0.1, 0.15) is 5.01 Å². The lowest BCUT2D eigenvalue weighted by Gasteiger charge is -1.95. The van der Waals surface area contributed by atoms with Crippen molar-refractivity contribution in [1.29, 1.82) is 0 Å². The number of aromatic nitrogens is 1. The van der Waals surface area contributed by atoms with Crippen molar-refractivity contribution in [3.63, 3.8) is 0 Å². The molecule has 0 saturated carbocycles. The number of carbonyl (C=O) groups is 1. The molecular formula is C14H14N2O2S. The largest absolute Gasteiger partial charge is 0.461 e. The molecule has 1 aromatic heterocycles. The zero-order valence-electron chi connectivity index (χ0n) is 10.6. The van der Waals surface area contributed by atoms with Gasteiger partial charge < -0.3 is 4.74 Å². The Morgan fingerprint density at radius 2 is 2.21 bits per heavy atom. The minimum Gasteiger partial charge on any atom is -0.461 e. The Labute approximate surface area is 115 Å². The van der Waals surface area contributed by atoms with E-state index in [1.54, 1.807) is 18.5 Å². The Hall–Kier alpha value is -2.01.